The summed E-state index contributed by atoms with van der Waals surface area (Å²) in [6.07, 6.45) is 0.0122. The minimum atomic E-state index is -2.37. The van der Waals surface area contributed by atoms with Gasteiger partial charge in [-0.25, -0.2) is 22.0 Å². The largest absolute Gasteiger partial charge is 0.361 e. The number of rotatable bonds is 2. The van der Waals surface area contributed by atoms with Gasteiger partial charge in [-0.15, -0.1) is 0 Å². The molecule has 0 saturated heterocycles. The van der Waals surface area contributed by atoms with Crippen LogP contribution in [-0.4, -0.2) is 16.8 Å². The number of halogens is 5. The van der Waals surface area contributed by atoms with Crippen molar-refractivity contribution in [3.63, 3.8) is 0 Å². The van der Waals surface area contributed by atoms with Gasteiger partial charge in [-0.05, 0) is 0 Å². The summed E-state index contributed by atoms with van der Waals surface area (Å²) in [5.74, 6) is -13.0. The van der Waals surface area contributed by atoms with Gasteiger partial charge in [-0.1, -0.05) is 0 Å². The van der Waals surface area contributed by atoms with Gasteiger partial charge in [0.2, 0.25) is 5.82 Å². The number of carbonyl (C=O) groups excluding carboxylic acids is 1. The van der Waals surface area contributed by atoms with E-state index in [1.54, 1.807) is 0 Å². The molecule has 0 aliphatic heterocycles. The first kappa shape index (κ1) is 12.0. The summed E-state index contributed by atoms with van der Waals surface area (Å²) in [7, 11) is 0. The fourth-order valence-corrected chi connectivity index (χ4v) is 0.938. The molecule has 0 saturated carbocycles. The first-order chi connectivity index (χ1) is 7.41. The van der Waals surface area contributed by atoms with Gasteiger partial charge in [0.15, 0.2) is 23.3 Å². The first-order valence-corrected chi connectivity index (χ1v) is 3.65. The van der Waals surface area contributed by atoms with Crippen molar-refractivity contribution in [1.29, 1.82) is 0 Å². The zero-order valence-electron chi connectivity index (χ0n) is 7.27. The molecule has 0 spiro atoms. The van der Waals surface area contributed by atoms with Gasteiger partial charge in [0.1, 0.15) is 5.56 Å². The highest BCUT2D eigenvalue weighted by Gasteiger charge is 2.30. The standard InChI is InChI=1S/C8HF5N2O/c9-4-3(2(16)1-15-14)5(10)7(12)8(13)6(4)11/h1H. The molecule has 1 rings (SSSR count). The number of Topliss-reactive ketones (excluding diaryl/α,β-unsaturated/α-hetero) is 1. The highest BCUT2D eigenvalue weighted by Crippen LogP contribution is 2.22. The highest BCUT2D eigenvalue weighted by molar-refractivity contribution is 6.33. The average molecular weight is 236 g/mol. The summed E-state index contributed by atoms with van der Waals surface area (Å²) in [6.45, 7) is 0. The van der Waals surface area contributed by atoms with Gasteiger partial charge in [0.25, 0.3) is 5.78 Å². The zero-order valence-corrected chi connectivity index (χ0v) is 7.27. The van der Waals surface area contributed by atoms with Crippen LogP contribution in [0.25, 0.3) is 5.53 Å². The lowest BCUT2D eigenvalue weighted by atomic mass is 10.1. The number of carbonyl (C=O) groups is 1. The van der Waals surface area contributed by atoms with Crippen molar-refractivity contribution < 1.29 is 31.5 Å². The predicted molar refractivity (Wildman–Crippen MR) is 40.2 cm³/mol. The van der Waals surface area contributed by atoms with E-state index in [4.69, 9.17) is 5.53 Å². The topological polar surface area (TPSA) is 53.5 Å². The minimum absolute atomic E-state index is 0.0122. The number of hydrogen-bond donors (Lipinski definition) is 0. The smallest absolute Gasteiger partial charge is 0.328 e. The summed E-state index contributed by atoms with van der Waals surface area (Å²) < 4.78 is 63.5. The van der Waals surface area contributed by atoms with E-state index < -0.39 is 40.4 Å². The van der Waals surface area contributed by atoms with Gasteiger partial charge < -0.3 is 5.53 Å². The number of nitrogens with zero attached hydrogens (tertiary/aromatic N) is 2. The molecule has 3 nitrogen and oxygen atoms in total. The third kappa shape index (κ3) is 1.70. The van der Waals surface area contributed by atoms with E-state index >= 15 is 0 Å². The SMILES string of the molecule is [N-]=[N+]=CC(=O)c1c(F)c(F)c(F)c(F)c1F. The Kier molecular flexibility index (Phi) is 3.14. The fraction of sp³-hybridized carbons (Fsp3) is 0. The van der Waals surface area contributed by atoms with Crippen LogP contribution in [0.5, 0.6) is 0 Å². The molecule has 84 valence electrons. The third-order valence-corrected chi connectivity index (χ3v) is 1.63. The Hall–Kier alpha value is -2.08. The maximum absolute atomic E-state index is 12.9. The molecule has 0 atom stereocenters. The quantitative estimate of drug-likeness (QED) is 0.147. The van der Waals surface area contributed by atoms with Crippen LogP contribution >= 0.6 is 0 Å². The van der Waals surface area contributed by atoms with Crippen molar-refractivity contribution in [3.05, 3.63) is 40.2 Å². The van der Waals surface area contributed by atoms with Gasteiger partial charge in [0.05, 0.1) is 0 Å². The third-order valence-electron chi connectivity index (χ3n) is 1.63. The van der Waals surface area contributed by atoms with Crippen LogP contribution in [0.3, 0.4) is 0 Å². The van der Waals surface area contributed by atoms with E-state index in [0.29, 0.717) is 0 Å². The Bertz CT molecular complexity index is 493. The lowest BCUT2D eigenvalue weighted by Crippen LogP contribution is -2.13. The molecule has 1 aromatic carbocycles. The Morgan fingerprint density at radius 2 is 1.31 bits per heavy atom. The Balaban J connectivity index is 3.64. The average Bonchev–Trinajstić information content (AvgIpc) is 2.24. The monoisotopic (exact) mass is 236 g/mol. The molecule has 0 amide bonds. The van der Waals surface area contributed by atoms with E-state index in [9.17, 15) is 26.7 Å². The van der Waals surface area contributed by atoms with Gasteiger partial charge >= 0.3 is 6.21 Å². The maximum atomic E-state index is 12.9. The van der Waals surface area contributed by atoms with Crippen LogP contribution in [0.4, 0.5) is 22.0 Å². The molecule has 0 radical (unpaired) electrons. The summed E-state index contributed by atoms with van der Waals surface area (Å²) in [5.41, 5.74) is 6.24. The summed E-state index contributed by atoms with van der Waals surface area (Å²) in [5, 5.41) is 0. The summed E-state index contributed by atoms with van der Waals surface area (Å²) in [4.78, 5) is 13.0. The summed E-state index contributed by atoms with van der Waals surface area (Å²) >= 11 is 0. The summed E-state index contributed by atoms with van der Waals surface area (Å²) in [6, 6.07) is 0. The van der Waals surface area contributed by atoms with Crippen LogP contribution in [0, 0.1) is 29.1 Å². The molecular weight excluding hydrogens is 235 g/mol. The van der Waals surface area contributed by atoms with Crippen molar-refractivity contribution in [3.8, 4) is 0 Å². The highest BCUT2D eigenvalue weighted by atomic mass is 19.2. The predicted octanol–water partition coefficient (Wildman–Crippen LogP) is 1.87. The lowest BCUT2D eigenvalue weighted by molar-refractivity contribution is 0.00223. The fourth-order valence-electron chi connectivity index (χ4n) is 0.938. The van der Waals surface area contributed by atoms with Crippen LogP contribution in [0.2, 0.25) is 0 Å². The number of hydrogen-bond acceptors (Lipinski definition) is 1. The Labute approximate surface area is 84.7 Å². The van der Waals surface area contributed by atoms with Crippen molar-refractivity contribution in [2.45, 2.75) is 0 Å². The second-order valence-corrected chi connectivity index (χ2v) is 2.55. The molecule has 0 heterocycles. The molecule has 0 aliphatic carbocycles. The molecule has 1 aromatic rings. The van der Waals surface area contributed by atoms with Crippen molar-refractivity contribution >= 4 is 12.0 Å². The van der Waals surface area contributed by atoms with Crippen molar-refractivity contribution in [2.24, 2.45) is 0 Å². The van der Waals surface area contributed by atoms with E-state index in [-0.39, 0.29) is 6.21 Å². The number of ketones is 1. The van der Waals surface area contributed by atoms with Crippen LogP contribution in [0.15, 0.2) is 0 Å². The molecule has 8 heteroatoms. The zero-order chi connectivity index (χ0) is 12.5. The molecule has 0 bridgehead atoms. The molecule has 16 heavy (non-hydrogen) atoms. The molecular formula is C8HF5N2O. The van der Waals surface area contributed by atoms with E-state index in [0.717, 1.165) is 0 Å². The van der Waals surface area contributed by atoms with E-state index in [1.165, 1.54) is 0 Å². The molecule has 0 N–H and O–H groups in total. The molecule has 0 fully saturated rings. The Morgan fingerprint density at radius 3 is 1.69 bits per heavy atom. The van der Waals surface area contributed by atoms with Gasteiger partial charge in [-0.2, -0.15) is 4.79 Å². The van der Waals surface area contributed by atoms with Crippen LogP contribution < -0.4 is 0 Å². The molecule has 0 aromatic heterocycles. The normalized spacial score (nSPS) is 9.81. The Morgan fingerprint density at radius 1 is 0.938 bits per heavy atom. The van der Waals surface area contributed by atoms with Crippen LogP contribution in [-0.2, 0) is 0 Å². The molecule has 0 aliphatic rings. The molecule has 0 unspecified atom stereocenters. The first-order valence-electron chi connectivity index (χ1n) is 3.65. The second-order valence-electron chi connectivity index (χ2n) is 2.55. The second kappa shape index (κ2) is 4.19. The maximum Gasteiger partial charge on any atom is 0.328 e. The van der Waals surface area contributed by atoms with E-state index in [2.05, 4.69) is 4.79 Å². The lowest BCUT2D eigenvalue weighted by Gasteiger charge is -2.03. The number of benzene rings is 1. The van der Waals surface area contributed by atoms with Crippen molar-refractivity contribution in [1.82, 2.24) is 0 Å². The van der Waals surface area contributed by atoms with Gasteiger partial charge in [-0.3, -0.25) is 4.79 Å². The van der Waals surface area contributed by atoms with Crippen molar-refractivity contribution in [2.75, 3.05) is 0 Å². The van der Waals surface area contributed by atoms with Gasteiger partial charge in [0, 0.05) is 0 Å². The van der Waals surface area contributed by atoms with Crippen LogP contribution in [0.1, 0.15) is 10.4 Å². The minimum Gasteiger partial charge on any atom is -0.361 e. The van der Waals surface area contributed by atoms with E-state index in [1.807, 2.05) is 0 Å².